The van der Waals surface area contributed by atoms with Gasteiger partial charge in [-0.05, 0) is 31.1 Å². The van der Waals surface area contributed by atoms with E-state index in [9.17, 15) is 9.59 Å². The minimum Gasteiger partial charge on any atom is -0.425 e. The Hall–Kier alpha value is -1.26. The number of rotatable bonds is 8. The highest BCUT2D eigenvalue weighted by Crippen LogP contribution is 2.22. The Bertz CT molecular complexity index is 338. The monoisotopic (exact) mass is 313 g/mol. The molecule has 1 fully saturated rings. The molecule has 0 saturated heterocycles. The first-order valence-electron chi connectivity index (χ1n) is 8.65. The lowest BCUT2D eigenvalue weighted by Crippen LogP contribution is -2.35. The molecule has 0 bridgehead atoms. The molecule has 0 radical (unpaired) electrons. The van der Waals surface area contributed by atoms with E-state index in [1.807, 2.05) is 20.8 Å². The van der Waals surface area contributed by atoms with Crippen LogP contribution in [0.2, 0.25) is 0 Å². The Kier molecular flexibility index (Phi) is 8.94. The first kappa shape index (κ1) is 18.8. The van der Waals surface area contributed by atoms with E-state index in [0.29, 0.717) is 25.3 Å². The van der Waals surface area contributed by atoms with Crippen LogP contribution in [0.1, 0.15) is 72.1 Å². The second-order valence-electron chi connectivity index (χ2n) is 6.60. The van der Waals surface area contributed by atoms with Crippen LogP contribution in [0.5, 0.6) is 0 Å². The predicted molar refractivity (Wildman–Crippen MR) is 85.3 cm³/mol. The van der Waals surface area contributed by atoms with Crippen molar-refractivity contribution in [1.29, 1.82) is 0 Å². The second-order valence-corrected chi connectivity index (χ2v) is 6.60. The lowest BCUT2D eigenvalue weighted by atomic mass is 9.89. The molecule has 1 amide bonds. The highest BCUT2D eigenvalue weighted by Gasteiger charge is 2.20. The molecular formula is C17H31NO4. The van der Waals surface area contributed by atoms with E-state index in [1.165, 1.54) is 32.1 Å². The van der Waals surface area contributed by atoms with Crippen molar-refractivity contribution < 1.29 is 19.1 Å². The van der Waals surface area contributed by atoms with E-state index in [4.69, 9.17) is 9.47 Å². The summed E-state index contributed by atoms with van der Waals surface area (Å²) in [6.45, 7) is 6.52. The van der Waals surface area contributed by atoms with Gasteiger partial charge in [-0.25, -0.2) is 4.79 Å². The SMILES string of the molecule is CCCC(OC(=O)CC(C)C)OC(=O)NCC1CCCCC1. The fourth-order valence-electron chi connectivity index (χ4n) is 2.69. The maximum absolute atomic E-state index is 11.8. The van der Waals surface area contributed by atoms with Gasteiger partial charge in [0.2, 0.25) is 6.29 Å². The van der Waals surface area contributed by atoms with Crippen LogP contribution in [-0.2, 0) is 14.3 Å². The van der Waals surface area contributed by atoms with Crippen molar-refractivity contribution in [2.24, 2.45) is 11.8 Å². The molecule has 5 heteroatoms. The molecule has 1 unspecified atom stereocenters. The van der Waals surface area contributed by atoms with Crippen molar-refractivity contribution in [3.05, 3.63) is 0 Å². The van der Waals surface area contributed by atoms with Crippen molar-refractivity contribution in [3.8, 4) is 0 Å². The van der Waals surface area contributed by atoms with Gasteiger partial charge in [0.25, 0.3) is 0 Å². The number of hydrogen-bond acceptors (Lipinski definition) is 4. The molecule has 1 saturated carbocycles. The summed E-state index contributed by atoms with van der Waals surface area (Å²) in [6.07, 6.45) is 6.52. The summed E-state index contributed by atoms with van der Waals surface area (Å²) in [5, 5.41) is 2.80. The second kappa shape index (κ2) is 10.5. The lowest BCUT2D eigenvalue weighted by Gasteiger charge is -2.23. The van der Waals surface area contributed by atoms with Crippen LogP contribution in [0.4, 0.5) is 4.79 Å². The van der Waals surface area contributed by atoms with Gasteiger partial charge in [0, 0.05) is 19.4 Å². The largest absolute Gasteiger partial charge is 0.425 e. The van der Waals surface area contributed by atoms with Crippen molar-refractivity contribution in [2.45, 2.75) is 78.4 Å². The maximum Gasteiger partial charge on any atom is 0.410 e. The number of esters is 1. The number of hydrogen-bond donors (Lipinski definition) is 1. The van der Waals surface area contributed by atoms with Crippen LogP contribution in [0.15, 0.2) is 0 Å². The highest BCUT2D eigenvalue weighted by atomic mass is 16.7. The minimum atomic E-state index is -0.775. The van der Waals surface area contributed by atoms with Crippen molar-refractivity contribution in [2.75, 3.05) is 6.54 Å². The molecule has 0 heterocycles. The Morgan fingerprint density at radius 1 is 1.14 bits per heavy atom. The molecule has 1 N–H and O–H groups in total. The summed E-state index contributed by atoms with van der Waals surface area (Å²) in [4.78, 5) is 23.5. The molecule has 0 aromatic carbocycles. The van der Waals surface area contributed by atoms with Crippen LogP contribution in [0.3, 0.4) is 0 Å². The average Bonchev–Trinajstić information content (AvgIpc) is 2.45. The summed E-state index contributed by atoms with van der Waals surface area (Å²) in [5.74, 6) is 0.470. The third-order valence-electron chi connectivity index (χ3n) is 3.86. The molecule has 1 aliphatic carbocycles. The maximum atomic E-state index is 11.8. The van der Waals surface area contributed by atoms with Gasteiger partial charge in [0.1, 0.15) is 0 Å². The molecule has 128 valence electrons. The minimum absolute atomic E-state index is 0.231. The topological polar surface area (TPSA) is 64.6 Å². The number of carbonyl (C=O) groups excluding carboxylic acids is 2. The van der Waals surface area contributed by atoms with E-state index >= 15 is 0 Å². The Labute approximate surface area is 134 Å². The van der Waals surface area contributed by atoms with Gasteiger partial charge in [-0.2, -0.15) is 0 Å². The van der Waals surface area contributed by atoms with E-state index in [1.54, 1.807) is 0 Å². The van der Waals surface area contributed by atoms with E-state index in [-0.39, 0.29) is 11.9 Å². The summed E-state index contributed by atoms with van der Waals surface area (Å²) in [6, 6.07) is 0. The summed E-state index contributed by atoms with van der Waals surface area (Å²) < 4.78 is 10.5. The fourth-order valence-corrected chi connectivity index (χ4v) is 2.69. The Balaban J connectivity index is 2.30. The number of amides is 1. The zero-order chi connectivity index (χ0) is 16.4. The van der Waals surface area contributed by atoms with Gasteiger partial charge in [-0.3, -0.25) is 4.79 Å². The standard InChI is InChI=1S/C17H31NO4/c1-4-8-16(21-15(19)11-13(2)3)22-17(20)18-12-14-9-6-5-7-10-14/h13-14,16H,4-12H2,1-3H3,(H,18,20). The van der Waals surface area contributed by atoms with Gasteiger partial charge >= 0.3 is 12.1 Å². The molecule has 0 spiro atoms. The summed E-state index contributed by atoms with van der Waals surface area (Å²) in [5.41, 5.74) is 0. The van der Waals surface area contributed by atoms with Crippen molar-refractivity contribution in [3.63, 3.8) is 0 Å². The Morgan fingerprint density at radius 3 is 2.41 bits per heavy atom. The number of ether oxygens (including phenoxy) is 2. The third-order valence-corrected chi connectivity index (χ3v) is 3.86. The van der Waals surface area contributed by atoms with E-state index in [2.05, 4.69) is 5.32 Å². The number of alkyl carbamates (subject to hydrolysis) is 1. The quantitative estimate of drug-likeness (QED) is 0.543. The summed E-state index contributed by atoms with van der Waals surface area (Å²) in [7, 11) is 0. The molecule has 5 nitrogen and oxygen atoms in total. The molecule has 0 aromatic rings. The molecule has 1 rings (SSSR count). The highest BCUT2D eigenvalue weighted by molar-refractivity contribution is 5.70. The van der Waals surface area contributed by atoms with Crippen molar-refractivity contribution >= 4 is 12.1 Å². The van der Waals surface area contributed by atoms with E-state index in [0.717, 1.165) is 6.42 Å². The van der Waals surface area contributed by atoms with Gasteiger partial charge in [0.15, 0.2) is 0 Å². The van der Waals surface area contributed by atoms with Crippen molar-refractivity contribution in [1.82, 2.24) is 5.32 Å². The van der Waals surface area contributed by atoms with Crippen LogP contribution in [0.25, 0.3) is 0 Å². The molecule has 0 aromatic heterocycles. The van der Waals surface area contributed by atoms with Gasteiger partial charge in [-0.1, -0.05) is 40.0 Å². The zero-order valence-electron chi connectivity index (χ0n) is 14.2. The normalized spacial score (nSPS) is 17.1. The number of nitrogens with one attached hydrogen (secondary N) is 1. The average molecular weight is 313 g/mol. The smallest absolute Gasteiger partial charge is 0.410 e. The first-order chi connectivity index (χ1) is 10.5. The third kappa shape index (κ3) is 8.25. The lowest BCUT2D eigenvalue weighted by molar-refractivity contribution is -0.169. The number of carbonyl (C=O) groups is 2. The Morgan fingerprint density at radius 2 is 1.82 bits per heavy atom. The van der Waals surface area contributed by atoms with Crippen LogP contribution < -0.4 is 5.32 Å². The van der Waals surface area contributed by atoms with Gasteiger partial charge in [-0.15, -0.1) is 0 Å². The van der Waals surface area contributed by atoms with E-state index < -0.39 is 12.4 Å². The summed E-state index contributed by atoms with van der Waals surface area (Å²) >= 11 is 0. The molecule has 1 aliphatic rings. The fraction of sp³-hybridized carbons (Fsp3) is 0.882. The molecule has 0 aliphatic heterocycles. The molecular weight excluding hydrogens is 282 g/mol. The molecule has 22 heavy (non-hydrogen) atoms. The zero-order valence-corrected chi connectivity index (χ0v) is 14.2. The van der Waals surface area contributed by atoms with Crippen LogP contribution in [0, 0.1) is 11.8 Å². The van der Waals surface area contributed by atoms with Gasteiger partial charge < -0.3 is 14.8 Å². The first-order valence-corrected chi connectivity index (χ1v) is 8.65. The van der Waals surface area contributed by atoms with Crippen LogP contribution in [-0.4, -0.2) is 24.9 Å². The van der Waals surface area contributed by atoms with Gasteiger partial charge in [0.05, 0.1) is 0 Å². The molecule has 1 atom stereocenters. The predicted octanol–water partition coefficient (Wildman–Crippen LogP) is 4.01. The van der Waals surface area contributed by atoms with Crippen LogP contribution >= 0.6 is 0 Å².